The van der Waals surface area contributed by atoms with Crippen LogP contribution >= 0.6 is 0 Å². The topological polar surface area (TPSA) is 102 Å². The molecule has 3 N–H and O–H groups in total. The number of carboxylic acids is 1. The molecule has 1 amide bonds. The van der Waals surface area contributed by atoms with E-state index in [9.17, 15) is 14.7 Å². The Morgan fingerprint density at radius 2 is 2.14 bits per heavy atom. The van der Waals surface area contributed by atoms with E-state index >= 15 is 0 Å². The predicted molar refractivity (Wildman–Crippen MR) is 74.7 cm³/mol. The minimum Gasteiger partial charge on any atom is -0.480 e. The maximum absolute atomic E-state index is 12.8. The molecule has 1 saturated heterocycles. The number of carboxylic acid groups (broad SMARTS) is 1. The molecule has 0 aromatic rings. The molecule has 21 heavy (non-hydrogen) atoms. The van der Waals surface area contributed by atoms with Gasteiger partial charge in [0.05, 0.1) is 19.3 Å². The van der Waals surface area contributed by atoms with E-state index in [0.717, 1.165) is 0 Å². The first-order valence-corrected chi connectivity index (χ1v) is 7.27. The Balaban J connectivity index is 2.17. The highest BCUT2D eigenvalue weighted by Crippen LogP contribution is 2.50. The Hall–Kier alpha value is -1.18. The molecule has 0 aromatic heterocycles. The van der Waals surface area contributed by atoms with E-state index in [0.29, 0.717) is 19.6 Å². The molecule has 3 unspecified atom stereocenters. The normalized spacial score (nSPS) is 35.1. The van der Waals surface area contributed by atoms with Crippen molar-refractivity contribution in [2.45, 2.75) is 44.9 Å². The van der Waals surface area contributed by atoms with Gasteiger partial charge in [-0.3, -0.25) is 4.79 Å². The lowest BCUT2D eigenvalue weighted by atomic mass is 9.54. The molecule has 1 saturated carbocycles. The molecule has 0 radical (unpaired) electrons. The van der Waals surface area contributed by atoms with Crippen LogP contribution in [0.3, 0.4) is 0 Å². The summed E-state index contributed by atoms with van der Waals surface area (Å²) in [5, 5.41) is 9.24. The molecule has 120 valence electrons. The summed E-state index contributed by atoms with van der Waals surface area (Å²) in [4.78, 5) is 25.4. The molecule has 2 aliphatic rings. The van der Waals surface area contributed by atoms with Crippen molar-refractivity contribution in [3.05, 3.63) is 0 Å². The molecular formula is C14H24N2O5. The number of aliphatic carboxylic acids is 1. The Kier molecular flexibility index (Phi) is 4.28. The Labute approximate surface area is 124 Å². The van der Waals surface area contributed by atoms with Gasteiger partial charge in [0, 0.05) is 25.0 Å². The van der Waals surface area contributed by atoms with Crippen LogP contribution in [0.25, 0.3) is 0 Å². The molecule has 7 heteroatoms. The van der Waals surface area contributed by atoms with E-state index in [1.807, 2.05) is 20.8 Å². The first-order valence-electron chi connectivity index (χ1n) is 7.27. The maximum atomic E-state index is 12.8. The van der Waals surface area contributed by atoms with Gasteiger partial charge < -0.3 is 25.2 Å². The monoisotopic (exact) mass is 300 g/mol. The average Bonchev–Trinajstić information content (AvgIpc) is 2.45. The van der Waals surface area contributed by atoms with Crippen LogP contribution in [0.5, 0.6) is 0 Å². The number of carbonyl (C=O) groups excluding carboxylic acids is 1. The molecule has 2 rings (SSSR count). The highest BCUT2D eigenvalue weighted by molar-refractivity contribution is 5.92. The van der Waals surface area contributed by atoms with Crippen LogP contribution in [0.4, 0.5) is 0 Å². The molecule has 3 atom stereocenters. The molecule has 2 fully saturated rings. The third kappa shape index (κ3) is 2.43. The number of hydrogen-bond acceptors (Lipinski definition) is 5. The number of amides is 1. The largest absolute Gasteiger partial charge is 0.480 e. The summed E-state index contributed by atoms with van der Waals surface area (Å²) < 4.78 is 10.8. The zero-order chi connectivity index (χ0) is 15.8. The van der Waals surface area contributed by atoms with Crippen molar-refractivity contribution in [1.29, 1.82) is 0 Å². The van der Waals surface area contributed by atoms with E-state index in [2.05, 4.69) is 0 Å². The SMILES string of the molecule is CCOC1CC(N)(C(=O)N2CCOCC2C(=O)O)C1(C)C. The van der Waals surface area contributed by atoms with Crippen molar-refractivity contribution in [3.8, 4) is 0 Å². The van der Waals surface area contributed by atoms with Gasteiger partial charge in [-0.2, -0.15) is 0 Å². The predicted octanol–water partition coefficient (Wildman–Crippen LogP) is -0.169. The molecule has 0 bridgehead atoms. The van der Waals surface area contributed by atoms with Crippen molar-refractivity contribution < 1.29 is 24.2 Å². The second-order valence-electron chi connectivity index (χ2n) is 6.27. The minimum absolute atomic E-state index is 0.00642. The summed E-state index contributed by atoms with van der Waals surface area (Å²) >= 11 is 0. The quantitative estimate of drug-likeness (QED) is 0.747. The van der Waals surface area contributed by atoms with Crippen molar-refractivity contribution in [3.63, 3.8) is 0 Å². The van der Waals surface area contributed by atoms with Crippen molar-refractivity contribution in [2.75, 3.05) is 26.4 Å². The summed E-state index contributed by atoms with van der Waals surface area (Å²) in [7, 11) is 0. The van der Waals surface area contributed by atoms with Crippen LogP contribution in [-0.4, -0.2) is 65.9 Å². The standard InChI is InChI=1S/C14H24N2O5/c1-4-21-10-7-14(15,13(10,2)3)12(19)16-5-6-20-8-9(16)11(17)18/h9-10H,4-8,15H2,1-3H3,(H,17,18). The van der Waals surface area contributed by atoms with Crippen LogP contribution < -0.4 is 5.73 Å². The number of rotatable bonds is 4. The van der Waals surface area contributed by atoms with Crippen LogP contribution in [0, 0.1) is 5.41 Å². The number of morpholine rings is 1. The molecular weight excluding hydrogens is 276 g/mol. The maximum Gasteiger partial charge on any atom is 0.328 e. The van der Waals surface area contributed by atoms with Gasteiger partial charge in [-0.25, -0.2) is 4.79 Å². The van der Waals surface area contributed by atoms with E-state index in [1.165, 1.54) is 4.90 Å². The lowest BCUT2D eigenvalue weighted by Crippen LogP contribution is -2.77. The van der Waals surface area contributed by atoms with E-state index in [4.69, 9.17) is 15.2 Å². The van der Waals surface area contributed by atoms with Gasteiger partial charge in [0.2, 0.25) is 5.91 Å². The van der Waals surface area contributed by atoms with Crippen LogP contribution in [0.1, 0.15) is 27.2 Å². The van der Waals surface area contributed by atoms with Gasteiger partial charge >= 0.3 is 5.97 Å². The van der Waals surface area contributed by atoms with Gasteiger partial charge in [0.15, 0.2) is 6.04 Å². The van der Waals surface area contributed by atoms with Crippen LogP contribution in [0.2, 0.25) is 0 Å². The van der Waals surface area contributed by atoms with Gasteiger partial charge in [-0.1, -0.05) is 13.8 Å². The highest BCUT2D eigenvalue weighted by atomic mass is 16.5. The second-order valence-corrected chi connectivity index (χ2v) is 6.27. The second kappa shape index (κ2) is 5.55. The fourth-order valence-corrected chi connectivity index (χ4v) is 3.11. The molecule has 0 spiro atoms. The molecule has 7 nitrogen and oxygen atoms in total. The fourth-order valence-electron chi connectivity index (χ4n) is 3.11. The lowest BCUT2D eigenvalue weighted by molar-refractivity contribution is -0.188. The zero-order valence-electron chi connectivity index (χ0n) is 12.8. The number of nitrogens with zero attached hydrogens (tertiary/aromatic N) is 1. The lowest BCUT2D eigenvalue weighted by Gasteiger charge is -2.59. The first-order chi connectivity index (χ1) is 9.75. The fraction of sp³-hybridized carbons (Fsp3) is 0.857. The van der Waals surface area contributed by atoms with Crippen molar-refractivity contribution >= 4 is 11.9 Å². The summed E-state index contributed by atoms with van der Waals surface area (Å²) in [5.74, 6) is -1.38. The van der Waals surface area contributed by atoms with Gasteiger partial charge in [0.25, 0.3) is 0 Å². The van der Waals surface area contributed by atoms with E-state index < -0.39 is 23.0 Å². The van der Waals surface area contributed by atoms with Crippen molar-refractivity contribution in [1.82, 2.24) is 4.90 Å². The molecule has 1 aliphatic heterocycles. The number of nitrogens with two attached hydrogens (primary N) is 1. The molecule has 0 aromatic carbocycles. The Morgan fingerprint density at radius 1 is 1.48 bits per heavy atom. The van der Waals surface area contributed by atoms with Gasteiger partial charge in [-0.05, 0) is 6.92 Å². The van der Waals surface area contributed by atoms with E-state index in [-0.39, 0.29) is 25.2 Å². The number of carbonyl (C=O) groups is 2. The number of ether oxygens (including phenoxy) is 2. The summed E-state index contributed by atoms with van der Waals surface area (Å²) in [6.45, 7) is 6.85. The zero-order valence-corrected chi connectivity index (χ0v) is 12.8. The molecule has 1 aliphatic carbocycles. The summed E-state index contributed by atoms with van der Waals surface area (Å²) in [5.41, 5.74) is 4.72. The van der Waals surface area contributed by atoms with Gasteiger partial charge in [-0.15, -0.1) is 0 Å². The summed E-state index contributed by atoms with van der Waals surface area (Å²) in [6, 6.07) is -0.964. The smallest absolute Gasteiger partial charge is 0.328 e. The Morgan fingerprint density at radius 3 is 2.67 bits per heavy atom. The van der Waals surface area contributed by atoms with Crippen LogP contribution in [0.15, 0.2) is 0 Å². The van der Waals surface area contributed by atoms with Gasteiger partial charge in [0.1, 0.15) is 5.54 Å². The summed E-state index contributed by atoms with van der Waals surface area (Å²) in [6.07, 6.45) is 0.330. The number of hydrogen-bond donors (Lipinski definition) is 2. The van der Waals surface area contributed by atoms with Crippen molar-refractivity contribution in [2.24, 2.45) is 11.1 Å². The Bertz CT molecular complexity index is 439. The third-order valence-electron chi connectivity index (χ3n) is 4.89. The average molecular weight is 300 g/mol. The third-order valence-corrected chi connectivity index (χ3v) is 4.89. The minimum atomic E-state index is -1.09. The highest BCUT2D eigenvalue weighted by Gasteiger charge is 2.64. The molecule has 1 heterocycles. The van der Waals surface area contributed by atoms with E-state index in [1.54, 1.807) is 0 Å². The van der Waals surface area contributed by atoms with Crippen LogP contribution in [-0.2, 0) is 19.1 Å². The first kappa shape index (κ1) is 16.2.